The summed E-state index contributed by atoms with van der Waals surface area (Å²) < 4.78 is 5.23. The zero-order chi connectivity index (χ0) is 14.5. The molecule has 1 atom stereocenters. The molecule has 0 aliphatic rings. The number of aliphatic imine (C=N–C) groups is 1. The molecule has 1 unspecified atom stereocenters. The number of nitrogens with one attached hydrogen (secondary N) is 2. The van der Waals surface area contributed by atoms with Crippen LogP contribution in [0.25, 0.3) is 0 Å². The minimum absolute atomic E-state index is 0.168. The Hall–Kier alpha value is -1.49. The number of hydrogen-bond donors (Lipinski definition) is 3. The summed E-state index contributed by atoms with van der Waals surface area (Å²) in [5.74, 6) is 1.20. The average molecular weight is 267 g/mol. The van der Waals surface area contributed by atoms with Crippen molar-refractivity contribution < 1.29 is 9.52 Å². The quantitative estimate of drug-likeness (QED) is 0.573. The van der Waals surface area contributed by atoms with E-state index >= 15 is 0 Å². The van der Waals surface area contributed by atoms with Crippen LogP contribution >= 0.6 is 0 Å². The third-order valence-electron chi connectivity index (χ3n) is 2.66. The Labute approximate surface area is 115 Å². The van der Waals surface area contributed by atoms with Gasteiger partial charge in [0.25, 0.3) is 0 Å². The van der Waals surface area contributed by atoms with E-state index in [0.717, 1.165) is 6.54 Å². The molecule has 1 aromatic heterocycles. The van der Waals surface area contributed by atoms with Crippen LogP contribution < -0.4 is 10.6 Å². The molecular weight excluding hydrogens is 242 g/mol. The van der Waals surface area contributed by atoms with Gasteiger partial charge in [0.1, 0.15) is 11.4 Å². The minimum Gasteiger partial charge on any atom is -0.466 e. The van der Waals surface area contributed by atoms with Gasteiger partial charge >= 0.3 is 0 Å². The van der Waals surface area contributed by atoms with Gasteiger partial charge in [-0.1, -0.05) is 20.8 Å². The van der Waals surface area contributed by atoms with Crippen molar-refractivity contribution in [3.05, 3.63) is 24.2 Å². The molecule has 0 amide bonds. The van der Waals surface area contributed by atoms with E-state index in [-0.39, 0.29) is 5.41 Å². The minimum atomic E-state index is -1.07. The van der Waals surface area contributed by atoms with E-state index in [0.29, 0.717) is 18.3 Å². The topological polar surface area (TPSA) is 69.8 Å². The fourth-order valence-electron chi connectivity index (χ4n) is 1.50. The highest BCUT2D eigenvalue weighted by atomic mass is 16.4. The van der Waals surface area contributed by atoms with Crippen molar-refractivity contribution in [2.75, 3.05) is 20.1 Å². The van der Waals surface area contributed by atoms with E-state index in [9.17, 15) is 5.11 Å². The summed E-state index contributed by atoms with van der Waals surface area (Å²) in [6.07, 6.45) is 1.55. The van der Waals surface area contributed by atoms with E-state index in [1.165, 1.54) is 0 Å². The van der Waals surface area contributed by atoms with Gasteiger partial charge in [0.2, 0.25) is 0 Å². The van der Waals surface area contributed by atoms with Gasteiger partial charge in [-0.25, -0.2) is 0 Å². The lowest BCUT2D eigenvalue weighted by Gasteiger charge is -2.25. The number of rotatable bonds is 4. The zero-order valence-electron chi connectivity index (χ0n) is 12.4. The summed E-state index contributed by atoms with van der Waals surface area (Å²) in [6, 6.07) is 3.52. The van der Waals surface area contributed by atoms with Gasteiger partial charge in [-0.2, -0.15) is 0 Å². The lowest BCUT2D eigenvalue weighted by atomic mass is 9.97. The summed E-state index contributed by atoms with van der Waals surface area (Å²) >= 11 is 0. The Bertz CT molecular complexity index is 403. The smallest absolute Gasteiger partial charge is 0.191 e. The van der Waals surface area contributed by atoms with Crippen molar-refractivity contribution >= 4 is 5.96 Å². The first-order chi connectivity index (χ1) is 8.74. The molecule has 0 aromatic carbocycles. The predicted molar refractivity (Wildman–Crippen MR) is 77.1 cm³/mol. The lowest BCUT2D eigenvalue weighted by molar-refractivity contribution is 0.0385. The molecule has 0 aliphatic heterocycles. The molecule has 108 valence electrons. The van der Waals surface area contributed by atoms with Crippen LogP contribution in [0.5, 0.6) is 0 Å². The first kappa shape index (κ1) is 15.6. The van der Waals surface area contributed by atoms with E-state index in [2.05, 4.69) is 36.4 Å². The fourth-order valence-corrected chi connectivity index (χ4v) is 1.50. The SMILES string of the molecule is CN=C(NCC(C)(C)C)NCC(C)(O)c1ccco1. The molecule has 0 saturated carbocycles. The average Bonchev–Trinajstić information content (AvgIpc) is 2.81. The third kappa shape index (κ3) is 5.34. The molecule has 5 nitrogen and oxygen atoms in total. The lowest BCUT2D eigenvalue weighted by Crippen LogP contribution is -2.46. The molecule has 0 fully saturated rings. The summed E-state index contributed by atoms with van der Waals surface area (Å²) in [6.45, 7) is 9.26. The van der Waals surface area contributed by atoms with Crippen LogP contribution in [0.4, 0.5) is 0 Å². The summed E-state index contributed by atoms with van der Waals surface area (Å²) in [7, 11) is 1.71. The molecule has 0 saturated heterocycles. The Morgan fingerprint density at radius 2 is 1.89 bits per heavy atom. The van der Waals surface area contributed by atoms with Crippen molar-refractivity contribution in [1.82, 2.24) is 10.6 Å². The summed E-state index contributed by atoms with van der Waals surface area (Å²) in [5.41, 5.74) is -0.899. The van der Waals surface area contributed by atoms with Crippen LogP contribution in [-0.2, 0) is 5.60 Å². The summed E-state index contributed by atoms with van der Waals surface area (Å²) in [5, 5.41) is 16.6. The highest BCUT2D eigenvalue weighted by molar-refractivity contribution is 5.79. The molecule has 3 N–H and O–H groups in total. The molecular formula is C14H25N3O2. The molecule has 1 heterocycles. The van der Waals surface area contributed by atoms with Gasteiger partial charge in [0, 0.05) is 13.6 Å². The van der Waals surface area contributed by atoms with Crippen LogP contribution in [0.15, 0.2) is 27.8 Å². The van der Waals surface area contributed by atoms with Crippen LogP contribution in [0.1, 0.15) is 33.5 Å². The van der Waals surface area contributed by atoms with Crippen LogP contribution in [0, 0.1) is 5.41 Å². The second kappa shape index (κ2) is 6.10. The predicted octanol–water partition coefficient (Wildman–Crippen LogP) is 1.70. The Morgan fingerprint density at radius 3 is 2.37 bits per heavy atom. The first-order valence-electron chi connectivity index (χ1n) is 6.45. The van der Waals surface area contributed by atoms with Crippen molar-refractivity contribution in [2.45, 2.75) is 33.3 Å². The van der Waals surface area contributed by atoms with E-state index in [1.54, 1.807) is 32.4 Å². The maximum absolute atomic E-state index is 10.3. The van der Waals surface area contributed by atoms with E-state index < -0.39 is 5.60 Å². The number of guanidine groups is 1. The second-order valence-corrected chi connectivity index (χ2v) is 6.09. The maximum atomic E-state index is 10.3. The fraction of sp³-hybridized carbons (Fsp3) is 0.643. The van der Waals surface area contributed by atoms with Gasteiger partial charge in [-0.05, 0) is 24.5 Å². The number of aliphatic hydroxyl groups is 1. The molecule has 1 aromatic rings. The monoisotopic (exact) mass is 267 g/mol. The number of nitrogens with zero attached hydrogens (tertiary/aromatic N) is 1. The maximum Gasteiger partial charge on any atom is 0.191 e. The van der Waals surface area contributed by atoms with Crippen molar-refractivity contribution in [3.63, 3.8) is 0 Å². The van der Waals surface area contributed by atoms with Crippen molar-refractivity contribution in [1.29, 1.82) is 0 Å². The molecule has 1 rings (SSSR count). The van der Waals surface area contributed by atoms with Crippen LogP contribution in [0.3, 0.4) is 0 Å². The Morgan fingerprint density at radius 1 is 1.26 bits per heavy atom. The van der Waals surface area contributed by atoms with Gasteiger partial charge in [0.15, 0.2) is 5.96 Å². The highest BCUT2D eigenvalue weighted by Gasteiger charge is 2.26. The molecule has 19 heavy (non-hydrogen) atoms. The molecule has 0 radical (unpaired) electrons. The normalized spacial score (nSPS) is 16.0. The van der Waals surface area contributed by atoms with Crippen LogP contribution in [0.2, 0.25) is 0 Å². The highest BCUT2D eigenvalue weighted by Crippen LogP contribution is 2.19. The molecule has 0 bridgehead atoms. The first-order valence-corrected chi connectivity index (χ1v) is 6.45. The van der Waals surface area contributed by atoms with Crippen molar-refractivity contribution in [2.24, 2.45) is 10.4 Å². The number of furan rings is 1. The largest absolute Gasteiger partial charge is 0.466 e. The second-order valence-electron chi connectivity index (χ2n) is 6.09. The molecule has 5 heteroatoms. The van der Waals surface area contributed by atoms with Crippen LogP contribution in [-0.4, -0.2) is 31.2 Å². The molecule has 0 aliphatic carbocycles. The van der Waals surface area contributed by atoms with E-state index in [4.69, 9.17) is 4.42 Å². The van der Waals surface area contributed by atoms with Gasteiger partial charge in [0.05, 0.1) is 12.8 Å². The third-order valence-corrected chi connectivity index (χ3v) is 2.66. The number of hydrogen-bond acceptors (Lipinski definition) is 3. The summed E-state index contributed by atoms with van der Waals surface area (Å²) in [4.78, 5) is 4.13. The Balaban J connectivity index is 2.50. The van der Waals surface area contributed by atoms with E-state index in [1.807, 2.05) is 0 Å². The van der Waals surface area contributed by atoms with Gasteiger partial charge in [-0.15, -0.1) is 0 Å². The Kier molecular flexibility index (Phi) is 5.00. The molecule has 0 spiro atoms. The standard InChI is InChI=1S/C14H25N3O2/c1-13(2,3)9-16-12(15-5)17-10-14(4,18)11-7-6-8-19-11/h6-8,18H,9-10H2,1-5H3,(H2,15,16,17). The van der Waals surface area contributed by atoms with Crippen molar-refractivity contribution in [3.8, 4) is 0 Å². The van der Waals surface area contributed by atoms with Gasteiger partial charge < -0.3 is 20.2 Å². The van der Waals surface area contributed by atoms with Gasteiger partial charge in [-0.3, -0.25) is 4.99 Å². The zero-order valence-corrected chi connectivity index (χ0v) is 12.4.